The normalized spacial score (nSPS) is 13.4. The van der Waals surface area contributed by atoms with Gasteiger partial charge >= 0.3 is 0 Å². The maximum absolute atomic E-state index is 13.2. The summed E-state index contributed by atoms with van der Waals surface area (Å²) in [5.74, 6) is 0.416. The number of sulfonamides is 1. The van der Waals surface area contributed by atoms with E-state index in [2.05, 4.69) is 5.32 Å². The van der Waals surface area contributed by atoms with E-state index in [4.69, 9.17) is 16.3 Å². The van der Waals surface area contributed by atoms with Crippen LogP contribution in [-0.2, 0) is 14.8 Å². The highest BCUT2D eigenvalue weighted by Gasteiger charge is 2.32. The molecule has 0 aliphatic heterocycles. The number of benzene rings is 2. The number of methoxy groups -OCH3 is 1. The highest BCUT2D eigenvalue weighted by Crippen LogP contribution is 2.27. The number of hydrogen-bond donors (Lipinski definition) is 1. The van der Waals surface area contributed by atoms with Crippen molar-refractivity contribution in [2.75, 3.05) is 17.7 Å². The molecule has 6 nitrogen and oxygen atoms in total. The summed E-state index contributed by atoms with van der Waals surface area (Å²) < 4.78 is 31.6. The Morgan fingerprint density at radius 1 is 1.17 bits per heavy atom. The number of carbonyl (C=O) groups is 1. The van der Waals surface area contributed by atoms with Crippen molar-refractivity contribution in [2.45, 2.75) is 45.7 Å². The van der Waals surface area contributed by atoms with E-state index < -0.39 is 16.1 Å². The Kier molecular flexibility index (Phi) is 8.15. The van der Waals surface area contributed by atoms with Gasteiger partial charge in [-0.15, -0.1) is 0 Å². The van der Waals surface area contributed by atoms with Crippen LogP contribution in [0.25, 0.3) is 0 Å². The average Bonchev–Trinajstić information content (AvgIpc) is 2.68. The van der Waals surface area contributed by atoms with Crippen LogP contribution in [0, 0.1) is 6.92 Å². The lowest BCUT2D eigenvalue weighted by Gasteiger charge is -2.31. The number of amides is 1. The van der Waals surface area contributed by atoms with E-state index in [9.17, 15) is 13.2 Å². The molecule has 0 fully saturated rings. The van der Waals surface area contributed by atoms with Gasteiger partial charge in [0.05, 0.1) is 25.1 Å². The topological polar surface area (TPSA) is 75.7 Å². The number of nitrogens with zero attached hydrogens (tertiary/aromatic N) is 1. The molecule has 0 heterocycles. The Bertz CT molecular complexity index is 994. The minimum atomic E-state index is -3.72. The summed E-state index contributed by atoms with van der Waals surface area (Å²) in [4.78, 5) is 13.2. The molecule has 0 saturated carbocycles. The molecule has 0 saturated heterocycles. The number of aryl methyl sites for hydroxylation is 1. The molecule has 164 valence electrons. The van der Waals surface area contributed by atoms with Crippen LogP contribution in [0.2, 0.25) is 5.02 Å². The molecule has 1 amide bonds. The molecule has 0 aliphatic rings. The predicted octanol–water partition coefficient (Wildman–Crippen LogP) is 4.47. The quantitative estimate of drug-likeness (QED) is 0.609. The second-order valence-electron chi connectivity index (χ2n) is 7.16. The first-order valence-electron chi connectivity index (χ1n) is 9.82. The number of nitrogens with one attached hydrogen (secondary N) is 1. The first-order chi connectivity index (χ1) is 14.1. The van der Waals surface area contributed by atoms with Crippen LogP contribution in [0.1, 0.15) is 43.9 Å². The van der Waals surface area contributed by atoms with Gasteiger partial charge < -0.3 is 10.1 Å². The van der Waals surface area contributed by atoms with Crippen LogP contribution in [0.15, 0.2) is 42.5 Å². The lowest BCUT2D eigenvalue weighted by Crippen LogP contribution is -2.50. The summed E-state index contributed by atoms with van der Waals surface area (Å²) in [6, 6.07) is 11.1. The summed E-state index contributed by atoms with van der Waals surface area (Å²) in [7, 11) is -2.10. The summed E-state index contributed by atoms with van der Waals surface area (Å²) in [6.07, 6.45) is 2.06. The minimum Gasteiger partial charge on any atom is -0.496 e. The molecule has 0 aliphatic carbocycles. The number of hydrogen-bond acceptors (Lipinski definition) is 4. The molecular weight excluding hydrogens is 424 g/mol. The van der Waals surface area contributed by atoms with E-state index in [1.54, 1.807) is 38.3 Å². The number of carbonyl (C=O) groups excluding carboxylic acids is 1. The van der Waals surface area contributed by atoms with Crippen molar-refractivity contribution in [3.8, 4) is 5.75 Å². The molecule has 2 atom stereocenters. The zero-order valence-electron chi connectivity index (χ0n) is 18.0. The number of ether oxygens (including phenoxy) is 1. The number of anilines is 1. The van der Waals surface area contributed by atoms with Crippen LogP contribution in [0.3, 0.4) is 0 Å². The Hall–Kier alpha value is -2.25. The fraction of sp³-hybridized carbons (Fsp3) is 0.409. The summed E-state index contributed by atoms with van der Waals surface area (Å²) in [5.41, 5.74) is 2.26. The third-order valence-corrected chi connectivity index (χ3v) is 6.35. The zero-order chi connectivity index (χ0) is 22.5. The Balaban J connectivity index is 2.35. The van der Waals surface area contributed by atoms with E-state index in [1.807, 2.05) is 32.0 Å². The van der Waals surface area contributed by atoms with Crippen LogP contribution < -0.4 is 14.4 Å². The van der Waals surface area contributed by atoms with Crippen molar-refractivity contribution < 1.29 is 17.9 Å². The van der Waals surface area contributed by atoms with Crippen LogP contribution in [0.5, 0.6) is 5.75 Å². The van der Waals surface area contributed by atoms with E-state index >= 15 is 0 Å². The smallest absolute Gasteiger partial charge is 0.244 e. The molecule has 0 bridgehead atoms. The molecule has 1 N–H and O–H groups in total. The highest BCUT2D eigenvalue weighted by atomic mass is 35.5. The SMILES string of the molecule is CCC(NC(=O)C(CC)N(c1cccc(Cl)c1)S(C)(=O)=O)c1ccc(OC)c(C)c1. The molecular formula is C22H29ClN2O4S. The Morgan fingerprint density at radius 3 is 2.37 bits per heavy atom. The standard InChI is InChI=1S/C22H29ClN2O4S/c1-6-19(16-11-12-21(29-4)15(3)13-16)24-22(26)20(7-2)25(30(5,27)28)18-10-8-9-17(23)14-18/h8-14,19-20H,6-7H2,1-5H3,(H,24,26). The van der Waals surface area contributed by atoms with Gasteiger partial charge in [-0.25, -0.2) is 8.42 Å². The summed E-state index contributed by atoms with van der Waals surface area (Å²) in [6.45, 7) is 5.69. The van der Waals surface area contributed by atoms with Crippen LogP contribution in [-0.4, -0.2) is 33.7 Å². The number of halogens is 1. The van der Waals surface area contributed by atoms with Crippen LogP contribution in [0.4, 0.5) is 5.69 Å². The maximum atomic E-state index is 13.2. The lowest BCUT2D eigenvalue weighted by atomic mass is 10.0. The predicted molar refractivity (Wildman–Crippen MR) is 122 cm³/mol. The minimum absolute atomic E-state index is 0.253. The summed E-state index contributed by atoms with van der Waals surface area (Å²) in [5, 5.41) is 3.42. The second kappa shape index (κ2) is 10.2. The Morgan fingerprint density at radius 2 is 1.87 bits per heavy atom. The number of rotatable bonds is 9. The van der Waals surface area contributed by atoms with Gasteiger partial charge in [0.1, 0.15) is 11.8 Å². The fourth-order valence-corrected chi connectivity index (χ4v) is 4.87. The van der Waals surface area contributed by atoms with Crippen molar-refractivity contribution in [2.24, 2.45) is 0 Å². The molecule has 2 aromatic carbocycles. The van der Waals surface area contributed by atoms with E-state index in [-0.39, 0.29) is 11.9 Å². The average molecular weight is 453 g/mol. The monoisotopic (exact) mass is 452 g/mol. The molecule has 0 radical (unpaired) electrons. The van der Waals surface area contributed by atoms with Crippen molar-refractivity contribution in [1.29, 1.82) is 0 Å². The molecule has 30 heavy (non-hydrogen) atoms. The molecule has 2 unspecified atom stereocenters. The molecule has 0 aromatic heterocycles. The highest BCUT2D eigenvalue weighted by molar-refractivity contribution is 7.92. The fourth-order valence-electron chi connectivity index (χ4n) is 3.48. The van der Waals surface area contributed by atoms with E-state index in [0.29, 0.717) is 23.6 Å². The zero-order valence-corrected chi connectivity index (χ0v) is 19.5. The molecule has 2 aromatic rings. The third-order valence-electron chi connectivity index (χ3n) is 4.94. The van der Waals surface area contributed by atoms with Crippen molar-refractivity contribution >= 4 is 33.2 Å². The van der Waals surface area contributed by atoms with Crippen molar-refractivity contribution in [1.82, 2.24) is 5.32 Å². The first kappa shape index (κ1) is 24.0. The third kappa shape index (κ3) is 5.67. The first-order valence-corrected chi connectivity index (χ1v) is 12.0. The van der Waals surface area contributed by atoms with Gasteiger partial charge in [-0.3, -0.25) is 9.10 Å². The molecule has 8 heteroatoms. The van der Waals surface area contributed by atoms with Crippen molar-refractivity contribution in [3.05, 3.63) is 58.6 Å². The second-order valence-corrected chi connectivity index (χ2v) is 9.46. The largest absolute Gasteiger partial charge is 0.496 e. The lowest BCUT2D eigenvalue weighted by molar-refractivity contribution is -0.123. The van der Waals surface area contributed by atoms with Gasteiger partial charge in [-0.2, -0.15) is 0 Å². The van der Waals surface area contributed by atoms with E-state index in [1.165, 1.54) is 0 Å². The molecule has 0 spiro atoms. The van der Waals surface area contributed by atoms with Gasteiger partial charge in [0.25, 0.3) is 0 Å². The van der Waals surface area contributed by atoms with Gasteiger partial charge in [0.15, 0.2) is 0 Å². The molecule has 2 rings (SSSR count). The summed E-state index contributed by atoms with van der Waals surface area (Å²) >= 11 is 6.06. The van der Waals surface area contributed by atoms with Gasteiger partial charge in [-0.05, 0) is 55.2 Å². The van der Waals surface area contributed by atoms with Gasteiger partial charge in [-0.1, -0.05) is 43.6 Å². The van der Waals surface area contributed by atoms with Gasteiger partial charge in [0, 0.05) is 5.02 Å². The van der Waals surface area contributed by atoms with Crippen LogP contribution >= 0.6 is 11.6 Å². The Labute approximate surface area is 184 Å². The van der Waals surface area contributed by atoms with Crippen molar-refractivity contribution in [3.63, 3.8) is 0 Å². The van der Waals surface area contributed by atoms with Gasteiger partial charge in [0.2, 0.25) is 15.9 Å². The van der Waals surface area contributed by atoms with E-state index in [0.717, 1.165) is 27.4 Å². The maximum Gasteiger partial charge on any atom is 0.244 e.